The van der Waals surface area contributed by atoms with Gasteiger partial charge in [-0.2, -0.15) is 4.57 Å². The first-order chi connectivity index (χ1) is 13.5. The molecule has 142 valence electrons. The summed E-state index contributed by atoms with van der Waals surface area (Å²) in [5.41, 5.74) is 9.01. The van der Waals surface area contributed by atoms with Gasteiger partial charge >= 0.3 is 0 Å². The van der Waals surface area contributed by atoms with Crippen LogP contribution in [0.25, 0.3) is 10.9 Å². The maximum atomic E-state index is 12.5. The van der Waals surface area contributed by atoms with Crippen LogP contribution in [0.4, 0.5) is 5.69 Å². The Balaban J connectivity index is 1.48. The largest absolute Gasteiger partial charge is 0.398 e. The molecule has 0 spiro atoms. The third-order valence-electron chi connectivity index (χ3n) is 5.32. The predicted octanol–water partition coefficient (Wildman–Crippen LogP) is 3.95. The Kier molecular flexibility index (Phi) is 5.05. The van der Waals surface area contributed by atoms with E-state index in [0.717, 1.165) is 33.0 Å². The van der Waals surface area contributed by atoms with Gasteiger partial charge in [0.2, 0.25) is 5.52 Å². The molecule has 0 saturated carbocycles. The number of nitrogen functional groups attached to an aromatic ring is 1. The number of carbonyl (C=O) groups is 2. The molecule has 0 saturated heterocycles. The smallest absolute Gasteiger partial charge is 0.261 e. The quantitative estimate of drug-likeness (QED) is 0.338. The van der Waals surface area contributed by atoms with Crippen LogP contribution in [0.3, 0.4) is 0 Å². The van der Waals surface area contributed by atoms with Gasteiger partial charge in [-0.25, -0.2) is 0 Å². The number of aromatic nitrogens is 1. The minimum absolute atomic E-state index is 0.187. The van der Waals surface area contributed by atoms with Crippen molar-refractivity contribution in [3.63, 3.8) is 0 Å². The summed E-state index contributed by atoms with van der Waals surface area (Å²) in [7, 11) is 0. The van der Waals surface area contributed by atoms with Gasteiger partial charge in [-0.05, 0) is 60.2 Å². The molecule has 2 N–H and O–H groups in total. The molecule has 2 heterocycles. The maximum absolute atomic E-state index is 12.5. The molecule has 5 nitrogen and oxygen atoms in total. The fourth-order valence-corrected chi connectivity index (χ4v) is 4.28. The lowest BCUT2D eigenvalue weighted by molar-refractivity contribution is -0.695. The first-order valence-corrected chi connectivity index (χ1v) is 10.4. The predicted molar refractivity (Wildman–Crippen MR) is 117 cm³/mol. The monoisotopic (exact) mass is 486 g/mol. The molecular formula is C22H21IN3O2+. The number of imide groups is 1. The van der Waals surface area contributed by atoms with E-state index in [9.17, 15) is 9.59 Å². The molecule has 4 rings (SSSR count). The Morgan fingerprint density at radius 1 is 1.07 bits per heavy atom. The summed E-state index contributed by atoms with van der Waals surface area (Å²) in [4.78, 5) is 26.3. The highest BCUT2D eigenvalue weighted by Gasteiger charge is 2.34. The second-order valence-corrected chi connectivity index (χ2v) is 8.38. The molecule has 28 heavy (non-hydrogen) atoms. The van der Waals surface area contributed by atoms with Gasteiger partial charge < -0.3 is 5.73 Å². The number of carbonyl (C=O) groups excluding carboxylic acids is 2. The minimum atomic E-state index is -0.187. The van der Waals surface area contributed by atoms with Crippen LogP contribution in [0.15, 0.2) is 54.7 Å². The summed E-state index contributed by atoms with van der Waals surface area (Å²) in [6.07, 6.45) is 3.61. The normalized spacial score (nSPS) is 14.6. The van der Waals surface area contributed by atoms with E-state index >= 15 is 0 Å². The van der Waals surface area contributed by atoms with Gasteiger partial charge in [-0.1, -0.05) is 12.1 Å². The van der Waals surface area contributed by atoms with E-state index in [1.807, 2.05) is 12.3 Å². The molecule has 2 amide bonds. The standard InChI is InChI=1S/C22H20IN3O2/c1-14(25-12-10-19(24)18-9-8-15(23)13-20(18)25)5-4-11-26-21(27)16-6-2-3-7-17(16)22(26)28/h2-3,6-10,12-14,24H,4-5,11H2,1H3/p+1. The SMILES string of the molecule is CC(CCCN1C(=O)c2ccccc2C1=O)[n+]1ccc(N)c2ccc(I)cc21. The lowest BCUT2D eigenvalue weighted by atomic mass is 10.1. The van der Waals surface area contributed by atoms with E-state index in [1.54, 1.807) is 24.3 Å². The molecule has 1 aliphatic rings. The van der Waals surface area contributed by atoms with Crippen molar-refractivity contribution in [1.29, 1.82) is 0 Å². The lowest BCUT2D eigenvalue weighted by Crippen LogP contribution is -2.39. The van der Waals surface area contributed by atoms with E-state index in [4.69, 9.17) is 5.73 Å². The zero-order valence-electron chi connectivity index (χ0n) is 15.6. The van der Waals surface area contributed by atoms with Gasteiger partial charge in [-0.15, -0.1) is 0 Å². The summed E-state index contributed by atoms with van der Waals surface area (Å²) in [6, 6.07) is 15.4. The zero-order chi connectivity index (χ0) is 19.8. The minimum Gasteiger partial charge on any atom is -0.398 e. The number of anilines is 1. The van der Waals surface area contributed by atoms with Gasteiger partial charge in [0.15, 0.2) is 12.2 Å². The Morgan fingerprint density at radius 3 is 2.43 bits per heavy atom. The fraction of sp³-hybridized carbons (Fsp3) is 0.227. The van der Waals surface area contributed by atoms with E-state index in [2.05, 4.69) is 52.3 Å². The fourth-order valence-electron chi connectivity index (χ4n) is 3.80. The molecule has 0 fully saturated rings. The van der Waals surface area contributed by atoms with Crippen molar-refractivity contribution < 1.29 is 14.2 Å². The summed E-state index contributed by atoms with van der Waals surface area (Å²) >= 11 is 2.30. The molecular weight excluding hydrogens is 465 g/mol. The molecule has 0 aliphatic carbocycles. The number of rotatable bonds is 5. The Bertz CT molecular complexity index is 1060. The molecule has 1 aliphatic heterocycles. The van der Waals surface area contributed by atoms with E-state index in [1.165, 1.54) is 4.90 Å². The number of fused-ring (bicyclic) bond motifs is 2. The van der Waals surface area contributed by atoms with Crippen LogP contribution in [-0.2, 0) is 0 Å². The van der Waals surface area contributed by atoms with Gasteiger partial charge in [0.1, 0.15) is 0 Å². The van der Waals surface area contributed by atoms with Crippen molar-refractivity contribution in [2.24, 2.45) is 0 Å². The molecule has 1 aromatic heterocycles. The zero-order valence-corrected chi connectivity index (χ0v) is 17.7. The summed E-state index contributed by atoms with van der Waals surface area (Å²) in [6.45, 7) is 2.58. The Morgan fingerprint density at radius 2 is 1.75 bits per heavy atom. The summed E-state index contributed by atoms with van der Waals surface area (Å²) in [5.74, 6) is -0.373. The Hall–Kier alpha value is -2.48. The highest BCUT2D eigenvalue weighted by molar-refractivity contribution is 14.1. The number of benzene rings is 2. The van der Waals surface area contributed by atoms with E-state index in [0.29, 0.717) is 17.7 Å². The number of hydrogen-bond acceptors (Lipinski definition) is 3. The van der Waals surface area contributed by atoms with Gasteiger partial charge in [0.25, 0.3) is 11.8 Å². The number of halogens is 1. The Labute approximate surface area is 177 Å². The van der Waals surface area contributed by atoms with Crippen LogP contribution in [-0.4, -0.2) is 23.3 Å². The molecule has 0 bridgehead atoms. The second-order valence-electron chi connectivity index (χ2n) is 7.14. The molecule has 1 atom stereocenters. The van der Waals surface area contributed by atoms with Crippen molar-refractivity contribution >= 4 is 51.0 Å². The van der Waals surface area contributed by atoms with Crippen LogP contribution in [0.1, 0.15) is 46.5 Å². The van der Waals surface area contributed by atoms with Crippen LogP contribution in [0.2, 0.25) is 0 Å². The molecule has 3 aromatic rings. The lowest BCUT2D eigenvalue weighted by Gasteiger charge is -2.15. The average Bonchev–Trinajstić information content (AvgIpc) is 2.93. The van der Waals surface area contributed by atoms with E-state index in [-0.39, 0.29) is 17.9 Å². The number of pyridine rings is 1. The molecule has 0 radical (unpaired) electrons. The molecule has 2 aromatic carbocycles. The molecule has 1 unspecified atom stereocenters. The highest BCUT2D eigenvalue weighted by atomic mass is 127. The van der Waals surface area contributed by atoms with Gasteiger partial charge in [-0.3, -0.25) is 14.5 Å². The summed E-state index contributed by atoms with van der Waals surface area (Å²) < 4.78 is 3.37. The van der Waals surface area contributed by atoms with Crippen molar-refractivity contribution in [2.75, 3.05) is 12.3 Å². The number of hydrogen-bond donors (Lipinski definition) is 1. The number of nitrogens with two attached hydrogens (primary N) is 1. The van der Waals surface area contributed by atoms with E-state index < -0.39 is 0 Å². The highest BCUT2D eigenvalue weighted by Crippen LogP contribution is 2.24. The van der Waals surface area contributed by atoms with Crippen molar-refractivity contribution in [3.8, 4) is 0 Å². The number of nitrogens with zero attached hydrogens (tertiary/aromatic N) is 2. The maximum Gasteiger partial charge on any atom is 0.261 e. The second kappa shape index (κ2) is 7.50. The first kappa shape index (κ1) is 18.9. The summed E-state index contributed by atoms with van der Waals surface area (Å²) in [5, 5.41) is 1.04. The van der Waals surface area contributed by atoms with Crippen LogP contribution in [0, 0.1) is 3.57 Å². The van der Waals surface area contributed by atoms with Crippen LogP contribution < -0.4 is 10.3 Å². The van der Waals surface area contributed by atoms with Gasteiger partial charge in [0.05, 0.1) is 22.2 Å². The van der Waals surface area contributed by atoms with Gasteiger partial charge in [0, 0.05) is 28.7 Å². The molecule has 6 heteroatoms. The number of amides is 2. The van der Waals surface area contributed by atoms with Crippen LogP contribution in [0.5, 0.6) is 0 Å². The van der Waals surface area contributed by atoms with Crippen molar-refractivity contribution in [2.45, 2.75) is 25.8 Å². The van der Waals surface area contributed by atoms with Crippen LogP contribution >= 0.6 is 22.6 Å². The first-order valence-electron chi connectivity index (χ1n) is 9.31. The van der Waals surface area contributed by atoms with Crippen molar-refractivity contribution in [1.82, 2.24) is 4.90 Å². The average molecular weight is 486 g/mol. The third-order valence-corrected chi connectivity index (χ3v) is 5.99. The third kappa shape index (κ3) is 3.26. The topological polar surface area (TPSA) is 67.3 Å². The van der Waals surface area contributed by atoms with Crippen molar-refractivity contribution in [3.05, 3.63) is 69.4 Å².